The number of carbonyl (C=O) groups is 1. The minimum absolute atomic E-state index is 0.210. The maximum atomic E-state index is 11.5. The number of rotatable bonds is 3. The summed E-state index contributed by atoms with van der Waals surface area (Å²) in [4.78, 5) is 11.5. The highest BCUT2D eigenvalue weighted by atomic mass is 31.0. The third-order valence-electron chi connectivity index (χ3n) is 3.24. The molecule has 3 rings (SSSR count). The number of hydrogen-bond acceptors (Lipinski definition) is 1. The van der Waals surface area contributed by atoms with Crippen molar-refractivity contribution >= 4 is 14.2 Å². The van der Waals surface area contributed by atoms with Crippen LogP contribution in [0.1, 0.15) is 10.1 Å². The number of carboxylic acids is 1. The fraction of sp³-hybridized carbons (Fsp3) is 0. The van der Waals surface area contributed by atoms with E-state index in [0.29, 0.717) is 5.30 Å². The van der Waals surface area contributed by atoms with Crippen LogP contribution in [-0.2, 0) is 0 Å². The molecule has 20 heavy (non-hydrogen) atoms. The van der Waals surface area contributed by atoms with Crippen LogP contribution in [0.4, 0.5) is 0 Å². The lowest BCUT2D eigenvalue weighted by Crippen LogP contribution is -1.95. The Morgan fingerprint density at radius 2 is 1.40 bits per heavy atom. The molecule has 1 atom stereocenters. The first-order valence-electron chi connectivity index (χ1n) is 6.33. The summed E-state index contributed by atoms with van der Waals surface area (Å²) < 4.78 is 0. The molecule has 3 heteroatoms. The molecule has 0 bridgehead atoms. The summed E-state index contributed by atoms with van der Waals surface area (Å²) in [5.41, 5.74) is 3.90. The second kappa shape index (κ2) is 5.36. The molecule has 2 nitrogen and oxygen atoms in total. The molecule has 1 N–H and O–H groups in total. The van der Waals surface area contributed by atoms with Crippen molar-refractivity contribution in [3.8, 4) is 22.3 Å². The molecular formula is C17H13O2P. The zero-order valence-corrected chi connectivity index (χ0v) is 11.7. The predicted octanol–water partition coefficient (Wildman–Crippen LogP) is 4.75. The van der Waals surface area contributed by atoms with Crippen molar-refractivity contribution in [2.75, 3.05) is 0 Å². The quantitative estimate of drug-likeness (QED) is 0.751. The minimum atomic E-state index is -0.829. The SMILES string of the molecule is O=C(O)c1[pH]cc(-c2ccccc2)c1-c1ccccc1. The first kappa shape index (κ1) is 12.7. The van der Waals surface area contributed by atoms with Crippen LogP contribution in [0.25, 0.3) is 22.3 Å². The fourth-order valence-electron chi connectivity index (χ4n) is 2.34. The van der Waals surface area contributed by atoms with Crippen LogP contribution in [0.3, 0.4) is 0 Å². The van der Waals surface area contributed by atoms with Crippen LogP contribution in [0.5, 0.6) is 0 Å². The average Bonchev–Trinajstić information content (AvgIpc) is 2.94. The molecular weight excluding hydrogens is 267 g/mol. The van der Waals surface area contributed by atoms with Crippen LogP contribution >= 0.6 is 8.19 Å². The lowest BCUT2D eigenvalue weighted by molar-refractivity contribution is 0.0703. The number of aromatic carboxylic acids is 1. The van der Waals surface area contributed by atoms with Gasteiger partial charge in [-0.25, -0.2) is 4.79 Å². The van der Waals surface area contributed by atoms with E-state index in [1.807, 2.05) is 66.5 Å². The van der Waals surface area contributed by atoms with E-state index in [1.165, 1.54) is 0 Å². The second-order valence-electron chi connectivity index (χ2n) is 4.49. The summed E-state index contributed by atoms with van der Waals surface area (Å²) in [6, 6.07) is 19.7. The highest BCUT2D eigenvalue weighted by Crippen LogP contribution is 2.41. The van der Waals surface area contributed by atoms with Crippen LogP contribution in [0.15, 0.2) is 66.5 Å². The van der Waals surface area contributed by atoms with Crippen LogP contribution in [0, 0.1) is 0 Å². The van der Waals surface area contributed by atoms with Crippen molar-refractivity contribution in [1.82, 2.24) is 0 Å². The van der Waals surface area contributed by atoms with Gasteiger partial charge in [0.2, 0.25) is 0 Å². The van der Waals surface area contributed by atoms with Gasteiger partial charge in [0.25, 0.3) is 0 Å². The molecule has 3 aromatic rings. The molecule has 98 valence electrons. The van der Waals surface area contributed by atoms with Gasteiger partial charge < -0.3 is 5.11 Å². The molecule has 0 aliphatic carbocycles. The number of hydrogen-bond donors (Lipinski definition) is 1. The van der Waals surface area contributed by atoms with Gasteiger partial charge >= 0.3 is 5.97 Å². The maximum absolute atomic E-state index is 11.5. The molecule has 0 spiro atoms. The Morgan fingerprint density at radius 3 is 1.95 bits per heavy atom. The van der Waals surface area contributed by atoms with Gasteiger partial charge in [0.1, 0.15) is 0 Å². The Morgan fingerprint density at radius 1 is 0.850 bits per heavy atom. The Balaban J connectivity index is 2.25. The van der Waals surface area contributed by atoms with E-state index in [-0.39, 0.29) is 8.19 Å². The van der Waals surface area contributed by atoms with Gasteiger partial charge in [-0.2, -0.15) is 0 Å². The van der Waals surface area contributed by atoms with E-state index in [4.69, 9.17) is 0 Å². The zero-order chi connectivity index (χ0) is 13.9. The van der Waals surface area contributed by atoms with E-state index in [1.54, 1.807) is 0 Å². The second-order valence-corrected chi connectivity index (χ2v) is 5.57. The van der Waals surface area contributed by atoms with Gasteiger partial charge in [-0.1, -0.05) is 60.7 Å². The highest BCUT2D eigenvalue weighted by molar-refractivity contribution is 7.32. The Hall–Kier alpha value is -2.31. The topological polar surface area (TPSA) is 37.3 Å². The molecule has 0 radical (unpaired) electrons. The Kier molecular flexibility index (Phi) is 3.41. The summed E-state index contributed by atoms with van der Waals surface area (Å²) in [7, 11) is 0.210. The van der Waals surface area contributed by atoms with Crippen LogP contribution < -0.4 is 0 Å². The highest BCUT2D eigenvalue weighted by Gasteiger charge is 2.18. The summed E-state index contributed by atoms with van der Waals surface area (Å²) in [5, 5.41) is 9.92. The smallest absolute Gasteiger partial charge is 0.340 e. The van der Waals surface area contributed by atoms with E-state index in [0.717, 1.165) is 22.3 Å². The van der Waals surface area contributed by atoms with Crippen molar-refractivity contribution in [3.63, 3.8) is 0 Å². The molecule has 0 saturated carbocycles. The number of benzene rings is 2. The summed E-state index contributed by atoms with van der Waals surface area (Å²) in [5.74, 6) is 1.20. The summed E-state index contributed by atoms with van der Waals surface area (Å²) in [6.45, 7) is 0. The molecule has 0 aliphatic heterocycles. The van der Waals surface area contributed by atoms with Gasteiger partial charge in [-0.3, -0.25) is 0 Å². The van der Waals surface area contributed by atoms with Crippen molar-refractivity contribution in [2.24, 2.45) is 0 Å². The van der Waals surface area contributed by atoms with Crippen LogP contribution in [0.2, 0.25) is 0 Å². The van der Waals surface area contributed by atoms with Gasteiger partial charge in [0.05, 0.1) is 5.30 Å². The lowest BCUT2D eigenvalue weighted by atomic mass is 9.97. The van der Waals surface area contributed by atoms with E-state index < -0.39 is 5.97 Å². The molecule has 0 aliphatic rings. The molecule has 1 aromatic heterocycles. The van der Waals surface area contributed by atoms with E-state index in [9.17, 15) is 9.90 Å². The largest absolute Gasteiger partial charge is 0.477 e. The lowest BCUT2D eigenvalue weighted by Gasteiger charge is -2.07. The average molecular weight is 280 g/mol. The van der Waals surface area contributed by atoms with Gasteiger partial charge in [-0.15, -0.1) is 8.19 Å². The molecule has 0 fully saturated rings. The van der Waals surface area contributed by atoms with E-state index in [2.05, 4.69) is 0 Å². The van der Waals surface area contributed by atoms with Gasteiger partial charge in [0, 0.05) is 5.56 Å². The van der Waals surface area contributed by atoms with Gasteiger partial charge in [0.15, 0.2) is 0 Å². The molecule has 1 heterocycles. The van der Waals surface area contributed by atoms with Gasteiger partial charge in [-0.05, 0) is 22.5 Å². The molecule has 2 aromatic carbocycles. The third-order valence-corrected chi connectivity index (χ3v) is 4.43. The van der Waals surface area contributed by atoms with Crippen molar-refractivity contribution in [3.05, 3.63) is 71.8 Å². The van der Waals surface area contributed by atoms with Crippen LogP contribution in [-0.4, -0.2) is 11.1 Å². The van der Waals surface area contributed by atoms with Crippen molar-refractivity contribution in [2.45, 2.75) is 0 Å². The summed E-state index contributed by atoms with van der Waals surface area (Å²) in [6.07, 6.45) is 0. The predicted molar refractivity (Wildman–Crippen MR) is 83.8 cm³/mol. The summed E-state index contributed by atoms with van der Waals surface area (Å²) >= 11 is 0. The Bertz CT molecular complexity index is 730. The molecule has 0 saturated heterocycles. The Labute approximate surface area is 118 Å². The first-order chi connectivity index (χ1) is 9.77. The molecule has 0 amide bonds. The third kappa shape index (κ3) is 2.26. The van der Waals surface area contributed by atoms with Crippen molar-refractivity contribution in [1.29, 1.82) is 0 Å². The van der Waals surface area contributed by atoms with E-state index >= 15 is 0 Å². The monoisotopic (exact) mass is 280 g/mol. The minimum Gasteiger partial charge on any atom is -0.477 e. The van der Waals surface area contributed by atoms with Crippen molar-refractivity contribution < 1.29 is 9.90 Å². The number of carboxylic acid groups (broad SMARTS) is 1. The standard InChI is InChI=1S/C17H13O2P/c18-17(19)16-15(13-9-5-2-6-10-13)14(11-20-16)12-7-3-1-4-8-12/h1-11,20H,(H,18,19). The first-order valence-corrected chi connectivity index (χ1v) is 7.40. The zero-order valence-electron chi connectivity index (χ0n) is 10.7. The fourth-order valence-corrected chi connectivity index (χ4v) is 3.49. The maximum Gasteiger partial charge on any atom is 0.340 e. The molecule has 1 unspecified atom stereocenters. The normalized spacial score (nSPS) is 10.8.